The summed E-state index contributed by atoms with van der Waals surface area (Å²) in [6, 6.07) is 0. The van der Waals surface area contributed by atoms with Crippen LogP contribution in [-0.4, -0.2) is 27.9 Å². The minimum Gasteiger partial charge on any atom is -0.316 e. The van der Waals surface area contributed by atoms with Gasteiger partial charge in [0.15, 0.2) is 0 Å². The number of nitrogens with one attached hydrogen (secondary N) is 1. The van der Waals surface area contributed by atoms with Crippen molar-refractivity contribution in [3.8, 4) is 0 Å². The van der Waals surface area contributed by atoms with E-state index in [-0.39, 0.29) is 0 Å². The molecule has 104 valence electrons. The van der Waals surface area contributed by atoms with Crippen LogP contribution in [-0.2, 0) is 13.0 Å². The molecule has 0 bridgehead atoms. The molecular weight excluding hydrogens is 224 g/mol. The van der Waals surface area contributed by atoms with Crippen LogP contribution >= 0.6 is 0 Å². The number of hydrogen-bond acceptors (Lipinski definition) is 3. The molecule has 4 nitrogen and oxygen atoms in total. The second-order valence-electron chi connectivity index (χ2n) is 4.96. The number of hydrogen-bond donors (Lipinski definition) is 1. The summed E-state index contributed by atoms with van der Waals surface area (Å²) in [5.41, 5.74) is 0. The molecule has 0 aliphatic heterocycles. The molecule has 1 unspecified atom stereocenters. The monoisotopic (exact) mass is 252 g/mol. The van der Waals surface area contributed by atoms with Crippen LogP contribution in [0.2, 0.25) is 0 Å². The fourth-order valence-electron chi connectivity index (χ4n) is 2.27. The predicted molar refractivity (Wildman–Crippen MR) is 75.6 cm³/mol. The van der Waals surface area contributed by atoms with E-state index in [1.807, 2.05) is 0 Å². The zero-order valence-corrected chi connectivity index (χ0v) is 12.2. The molecule has 0 radical (unpaired) electrons. The molecule has 18 heavy (non-hydrogen) atoms. The molecule has 0 saturated carbocycles. The average Bonchev–Trinajstić information content (AvgIpc) is 2.78. The van der Waals surface area contributed by atoms with E-state index in [1.54, 1.807) is 6.33 Å². The molecule has 4 heteroatoms. The highest BCUT2D eigenvalue weighted by molar-refractivity contribution is 4.88. The third kappa shape index (κ3) is 5.17. The summed E-state index contributed by atoms with van der Waals surface area (Å²) in [6.45, 7) is 9.83. The molecule has 0 saturated heterocycles. The van der Waals surface area contributed by atoms with Crippen molar-refractivity contribution >= 4 is 0 Å². The average molecular weight is 252 g/mol. The fourth-order valence-corrected chi connectivity index (χ4v) is 2.27. The van der Waals surface area contributed by atoms with Crippen molar-refractivity contribution in [3.05, 3.63) is 12.2 Å². The first kappa shape index (κ1) is 15.2. The van der Waals surface area contributed by atoms with Crippen LogP contribution in [0.3, 0.4) is 0 Å². The Hall–Kier alpha value is -0.900. The zero-order chi connectivity index (χ0) is 13.2. The normalized spacial score (nSPS) is 12.8. The third-order valence-electron chi connectivity index (χ3n) is 3.16. The smallest absolute Gasteiger partial charge is 0.138 e. The largest absolute Gasteiger partial charge is 0.316 e. The van der Waals surface area contributed by atoms with Gasteiger partial charge in [-0.1, -0.05) is 27.2 Å². The van der Waals surface area contributed by atoms with E-state index in [9.17, 15) is 0 Å². The third-order valence-corrected chi connectivity index (χ3v) is 3.16. The van der Waals surface area contributed by atoms with Gasteiger partial charge < -0.3 is 5.32 Å². The van der Waals surface area contributed by atoms with E-state index in [2.05, 4.69) is 40.9 Å². The Kier molecular flexibility index (Phi) is 7.65. The van der Waals surface area contributed by atoms with E-state index in [0.717, 1.165) is 38.3 Å². The fraction of sp³-hybridized carbons (Fsp3) is 0.857. The quantitative estimate of drug-likeness (QED) is 0.651. The minimum absolute atomic E-state index is 0.682. The number of aromatic nitrogens is 3. The van der Waals surface area contributed by atoms with Crippen molar-refractivity contribution in [3.63, 3.8) is 0 Å². The Morgan fingerprint density at radius 2 is 2.06 bits per heavy atom. The van der Waals surface area contributed by atoms with E-state index in [4.69, 9.17) is 0 Å². The molecular formula is C14H28N4. The van der Waals surface area contributed by atoms with Gasteiger partial charge in [-0.15, -0.1) is 0 Å². The highest BCUT2D eigenvalue weighted by Gasteiger charge is 2.12. The van der Waals surface area contributed by atoms with E-state index < -0.39 is 0 Å². The second kappa shape index (κ2) is 9.09. The molecule has 1 aromatic rings. The SMILES string of the molecule is CCCNCC(CCC)Cc1ncnn1CCC. The maximum Gasteiger partial charge on any atom is 0.138 e. The van der Waals surface area contributed by atoms with Gasteiger partial charge in [0, 0.05) is 13.0 Å². The first-order chi connectivity index (χ1) is 8.81. The van der Waals surface area contributed by atoms with E-state index >= 15 is 0 Å². The summed E-state index contributed by atoms with van der Waals surface area (Å²) in [5, 5.41) is 7.83. The Labute approximate surface area is 111 Å². The molecule has 1 heterocycles. The second-order valence-corrected chi connectivity index (χ2v) is 4.96. The summed E-state index contributed by atoms with van der Waals surface area (Å²) >= 11 is 0. The van der Waals surface area contributed by atoms with Gasteiger partial charge in [0.1, 0.15) is 12.2 Å². The van der Waals surface area contributed by atoms with Crippen molar-refractivity contribution in [2.75, 3.05) is 13.1 Å². The van der Waals surface area contributed by atoms with Crippen LogP contribution in [0.4, 0.5) is 0 Å². The van der Waals surface area contributed by atoms with E-state index in [0.29, 0.717) is 5.92 Å². The lowest BCUT2D eigenvalue weighted by molar-refractivity contribution is 0.417. The standard InChI is InChI=1S/C14H28N4/c1-4-7-13(11-15-8-5-2)10-14-16-12-17-18(14)9-6-3/h12-13,15H,4-11H2,1-3H3. The van der Waals surface area contributed by atoms with Crippen molar-refractivity contribution < 1.29 is 0 Å². The molecule has 1 atom stereocenters. The van der Waals surface area contributed by atoms with Crippen LogP contribution in [0, 0.1) is 5.92 Å². The Morgan fingerprint density at radius 3 is 2.72 bits per heavy atom. The lowest BCUT2D eigenvalue weighted by atomic mass is 9.99. The summed E-state index contributed by atoms with van der Waals surface area (Å²) in [7, 11) is 0. The molecule has 1 aromatic heterocycles. The molecule has 0 aliphatic rings. The first-order valence-corrected chi connectivity index (χ1v) is 7.39. The van der Waals surface area contributed by atoms with Gasteiger partial charge in [0.05, 0.1) is 0 Å². The Bertz CT molecular complexity index is 308. The lowest BCUT2D eigenvalue weighted by Crippen LogP contribution is -2.26. The first-order valence-electron chi connectivity index (χ1n) is 7.39. The summed E-state index contributed by atoms with van der Waals surface area (Å²) in [5.74, 6) is 1.83. The number of aryl methyl sites for hydroxylation is 1. The topological polar surface area (TPSA) is 42.7 Å². The Morgan fingerprint density at radius 1 is 1.22 bits per heavy atom. The summed E-state index contributed by atoms with van der Waals surface area (Å²) < 4.78 is 2.06. The maximum absolute atomic E-state index is 4.41. The van der Waals surface area contributed by atoms with Gasteiger partial charge in [0.2, 0.25) is 0 Å². The molecule has 0 aliphatic carbocycles. The molecule has 0 spiro atoms. The van der Waals surface area contributed by atoms with Crippen LogP contribution in [0.15, 0.2) is 6.33 Å². The molecule has 0 aromatic carbocycles. The van der Waals surface area contributed by atoms with Gasteiger partial charge in [-0.3, -0.25) is 4.68 Å². The van der Waals surface area contributed by atoms with Crippen molar-refractivity contribution in [1.29, 1.82) is 0 Å². The van der Waals surface area contributed by atoms with Gasteiger partial charge in [-0.25, -0.2) is 4.98 Å². The van der Waals surface area contributed by atoms with Crippen LogP contribution in [0.1, 0.15) is 52.3 Å². The van der Waals surface area contributed by atoms with Gasteiger partial charge in [0.25, 0.3) is 0 Å². The van der Waals surface area contributed by atoms with Gasteiger partial charge in [-0.2, -0.15) is 5.10 Å². The predicted octanol–water partition coefficient (Wildman–Crippen LogP) is 2.65. The summed E-state index contributed by atoms with van der Waals surface area (Å²) in [4.78, 5) is 4.41. The van der Waals surface area contributed by atoms with Crippen LogP contribution < -0.4 is 5.32 Å². The maximum atomic E-state index is 4.41. The summed E-state index contributed by atoms with van der Waals surface area (Å²) in [6.07, 6.45) is 7.54. The van der Waals surface area contributed by atoms with Crippen molar-refractivity contribution in [2.24, 2.45) is 5.92 Å². The van der Waals surface area contributed by atoms with Crippen molar-refractivity contribution in [1.82, 2.24) is 20.1 Å². The lowest BCUT2D eigenvalue weighted by Gasteiger charge is -2.16. The minimum atomic E-state index is 0.682. The Balaban J connectivity index is 2.50. The highest BCUT2D eigenvalue weighted by atomic mass is 15.3. The van der Waals surface area contributed by atoms with E-state index in [1.165, 1.54) is 19.3 Å². The van der Waals surface area contributed by atoms with Gasteiger partial charge >= 0.3 is 0 Å². The molecule has 0 amide bonds. The molecule has 0 fully saturated rings. The van der Waals surface area contributed by atoms with Crippen LogP contribution in [0.25, 0.3) is 0 Å². The number of nitrogens with zero attached hydrogens (tertiary/aromatic N) is 3. The van der Waals surface area contributed by atoms with Crippen molar-refractivity contribution in [2.45, 2.75) is 59.4 Å². The van der Waals surface area contributed by atoms with Gasteiger partial charge in [-0.05, 0) is 38.3 Å². The highest BCUT2D eigenvalue weighted by Crippen LogP contribution is 2.12. The van der Waals surface area contributed by atoms with Crippen LogP contribution in [0.5, 0.6) is 0 Å². The zero-order valence-electron chi connectivity index (χ0n) is 12.2. The molecule has 1 N–H and O–H groups in total. The number of rotatable bonds is 10. The molecule has 1 rings (SSSR count).